The van der Waals surface area contributed by atoms with Crippen LogP contribution < -0.4 is 19.3 Å². The van der Waals surface area contributed by atoms with Crippen molar-refractivity contribution in [2.45, 2.75) is 6.42 Å². The van der Waals surface area contributed by atoms with E-state index < -0.39 is 0 Å². The molecule has 2 aliphatic heterocycles. The number of hydrogen-bond donors (Lipinski definition) is 0. The van der Waals surface area contributed by atoms with Crippen LogP contribution in [0.4, 0.5) is 34.1 Å². The molecule has 0 atom stereocenters. The van der Waals surface area contributed by atoms with Crippen molar-refractivity contribution >= 4 is 93.7 Å². The fourth-order valence-electron chi connectivity index (χ4n) is 12.7. The molecular weight excluding hydrogens is 1110 g/mol. The van der Waals surface area contributed by atoms with Gasteiger partial charge in [-0.1, -0.05) is 168 Å². The summed E-state index contributed by atoms with van der Waals surface area (Å²) < 4.78 is 20.4. The standard InChI is InChI=1S/C38H25N3O.C21H15N.C18H12BrNO/c1-2-10-27(11-3-1)39-25-24-26-18-23-31-30-12-4-5-13-32(30)41(38(31)37(26)39)29-21-19-28(20-22-29)40-33-14-6-8-16-35(33)42-36-17-9-7-15-34(36)40;1-2-7-17(8-3-1)22-13-12-15-10-11-19-18-9-5-4-6-16(18)14-20(19)21(15)22;19-13-9-11-14(12-10-13)20-15-5-1-3-7-17(15)21-18-8-4-2-6-16(18)20/h1-25H;1-13H,14H2;1-12H. The molecule has 404 valence electrons. The monoisotopic (exact) mass is 1160 g/mol. The Labute approximate surface area is 500 Å². The number of para-hydroxylation sites is 11. The number of halogens is 1. The summed E-state index contributed by atoms with van der Waals surface area (Å²) in [6.07, 6.45) is 5.39. The Bertz CT molecular complexity index is 4920. The fraction of sp³-hybridized carbons (Fsp3) is 0.0130. The topological polar surface area (TPSA) is 39.7 Å². The van der Waals surface area contributed by atoms with Gasteiger partial charge in [-0.25, -0.2) is 0 Å². The van der Waals surface area contributed by atoms with Gasteiger partial charge in [0.25, 0.3) is 0 Å². The molecule has 0 saturated carbocycles. The Balaban J connectivity index is 0.000000115. The van der Waals surface area contributed by atoms with Crippen LogP contribution in [0.5, 0.6) is 23.0 Å². The van der Waals surface area contributed by atoms with Crippen molar-refractivity contribution < 1.29 is 9.47 Å². The van der Waals surface area contributed by atoms with Gasteiger partial charge in [0.15, 0.2) is 23.0 Å². The lowest BCUT2D eigenvalue weighted by atomic mass is 10.0. The number of nitrogens with zero attached hydrogens (tertiary/aromatic N) is 5. The van der Waals surface area contributed by atoms with Gasteiger partial charge < -0.3 is 33.0 Å². The van der Waals surface area contributed by atoms with E-state index >= 15 is 0 Å². The molecule has 18 rings (SSSR count). The van der Waals surface area contributed by atoms with Crippen LogP contribution in [0.1, 0.15) is 11.1 Å². The molecule has 7 nitrogen and oxygen atoms in total. The number of ether oxygens (including phenoxy) is 2. The number of aromatic nitrogens is 3. The van der Waals surface area contributed by atoms with Crippen molar-refractivity contribution in [2.75, 3.05) is 9.80 Å². The summed E-state index contributed by atoms with van der Waals surface area (Å²) in [5, 5.41) is 5.02. The summed E-state index contributed by atoms with van der Waals surface area (Å²) in [6, 6.07) is 102. The maximum atomic E-state index is 6.24. The van der Waals surface area contributed by atoms with Crippen LogP contribution in [0, 0.1) is 0 Å². The Morgan fingerprint density at radius 3 is 1.33 bits per heavy atom. The summed E-state index contributed by atoms with van der Waals surface area (Å²) >= 11 is 3.49. The third kappa shape index (κ3) is 8.64. The highest BCUT2D eigenvalue weighted by Gasteiger charge is 2.28. The average Bonchev–Trinajstić information content (AvgIpc) is 1.80. The minimum Gasteiger partial charge on any atom is -0.453 e. The van der Waals surface area contributed by atoms with Crippen LogP contribution in [0.2, 0.25) is 0 Å². The van der Waals surface area contributed by atoms with E-state index in [0.717, 1.165) is 79.4 Å². The highest BCUT2D eigenvalue weighted by Crippen LogP contribution is 2.52. The summed E-state index contributed by atoms with van der Waals surface area (Å²) in [5.41, 5.74) is 20.5. The van der Waals surface area contributed by atoms with Gasteiger partial charge in [-0.3, -0.25) is 0 Å². The zero-order valence-electron chi connectivity index (χ0n) is 46.0. The Hall–Kier alpha value is -10.8. The molecule has 85 heavy (non-hydrogen) atoms. The minimum absolute atomic E-state index is 0.853. The SMILES string of the molecule is Brc1ccc(N2c3ccccc3Oc3ccccc32)cc1.c1ccc(-n2ccc3ccc4c(c32)Cc2ccccc2-4)cc1.c1ccc(-n2ccc3ccc4c5ccccc5n(-c5ccc(N6c7ccccc7Oc7ccccc76)cc5)c4c32)cc1. The predicted octanol–water partition coefficient (Wildman–Crippen LogP) is 21.5. The Morgan fingerprint density at radius 2 is 0.753 bits per heavy atom. The summed E-state index contributed by atoms with van der Waals surface area (Å²) in [7, 11) is 0. The number of anilines is 6. The lowest BCUT2D eigenvalue weighted by Crippen LogP contribution is -2.15. The molecule has 0 bridgehead atoms. The van der Waals surface area contributed by atoms with Gasteiger partial charge in [-0.05, 0) is 162 Å². The lowest BCUT2D eigenvalue weighted by molar-refractivity contribution is 0.477. The second-order valence-electron chi connectivity index (χ2n) is 21.4. The molecule has 0 unspecified atom stereocenters. The molecule has 15 aromatic rings. The quantitative estimate of drug-likeness (QED) is 0.172. The van der Waals surface area contributed by atoms with E-state index in [-0.39, 0.29) is 0 Å². The first-order chi connectivity index (χ1) is 42.1. The minimum atomic E-state index is 0.853. The van der Waals surface area contributed by atoms with Crippen LogP contribution in [-0.2, 0) is 6.42 Å². The van der Waals surface area contributed by atoms with E-state index in [1.807, 2.05) is 60.7 Å². The third-order valence-corrected chi connectivity index (χ3v) is 17.0. The summed E-state index contributed by atoms with van der Waals surface area (Å²) in [6.45, 7) is 0. The highest BCUT2D eigenvalue weighted by molar-refractivity contribution is 9.10. The van der Waals surface area contributed by atoms with Crippen molar-refractivity contribution in [1.29, 1.82) is 0 Å². The van der Waals surface area contributed by atoms with Gasteiger partial charge in [0.05, 0.1) is 44.8 Å². The van der Waals surface area contributed by atoms with Gasteiger partial charge in [-0.2, -0.15) is 0 Å². The summed E-state index contributed by atoms with van der Waals surface area (Å²) in [5.74, 6) is 3.46. The molecule has 8 heteroatoms. The highest BCUT2D eigenvalue weighted by atomic mass is 79.9. The van der Waals surface area contributed by atoms with Crippen molar-refractivity contribution in [3.63, 3.8) is 0 Å². The third-order valence-electron chi connectivity index (χ3n) is 16.5. The Morgan fingerprint density at radius 1 is 0.306 bits per heavy atom. The maximum absolute atomic E-state index is 6.24. The fourth-order valence-corrected chi connectivity index (χ4v) is 13.0. The lowest BCUT2D eigenvalue weighted by Gasteiger charge is -2.32. The second-order valence-corrected chi connectivity index (χ2v) is 22.3. The van der Waals surface area contributed by atoms with Crippen LogP contribution in [0.3, 0.4) is 0 Å². The van der Waals surface area contributed by atoms with E-state index in [0.29, 0.717) is 0 Å². The van der Waals surface area contributed by atoms with Crippen LogP contribution in [0.25, 0.3) is 71.8 Å². The van der Waals surface area contributed by atoms with Crippen LogP contribution in [-0.4, -0.2) is 13.7 Å². The second kappa shape index (κ2) is 20.9. The summed E-state index contributed by atoms with van der Waals surface area (Å²) in [4.78, 5) is 4.50. The molecule has 1 aliphatic carbocycles. The van der Waals surface area contributed by atoms with Crippen molar-refractivity contribution in [3.8, 4) is 51.2 Å². The smallest absolute Gasteiger partial charge is 0.151 e. The average molecular weight is 1160 g/mol. The normalized spacial score (nSPS) is 12.4. The molecule has 0 radical (unpaired) electrons. The van der Waals surface area contributed by atoms with E-state index in [9.17, 15) is 0 Å². The Kier molecular flexibility index (Phi) is 12.3. The largest absolute Gasteiger partial charge is 0.453 e. The van der Waals surface area contributed by atoms with Gasteiger partial charge >= 0.3 is 0 Å². The van der Waals surface area contributed by atoms with Gasteiger partial charge in [0, 0.05) is 73.3 Å². The molecule has 12 aromatic carbocycles. The number of rotatable bonds is 5. The first-order valence-corrected chi connectivity index (χ1v) is 29.4. The van der Waals surface area contributed by atoms with E-state index in [1.54, 1.807) is 0 Å². The zero-order chi connectivity index (χ0) is 56.4. The van der Waals surface area contributed by atoms with E-state index in [1.165, 1.54) is 71.6 Å². The molecular formula is C77H52BrN5O2. The van der Waals surface area contributed by atoms with Crippen molar-refractivity contribution in [3.05, 3.63) is 319 Å². The molecule has 0 fully saturated rings. The van der Waals surface area contributed by atoms with Gasteiger partial charge in [-0.15, -0.1) is 0 Å². The molecule has 0 N–H and O–H groups in total. The van der Waals surface area contributed by atoms with Gasteiger partial charge in [0.1, 0.15) is 0 Å². The first-order valence-electron chi connectivity index (χ1n) is 28.6. The van der Waals surface area contributed by atoms with Crippen molar-refractivity contribution in [2.24, 2.45) is 0 Å². The molecule has 5 heterocycles. The van der Waals surface area contributed by atoms with Crippen LogP contribution >= 0.6 is 15.9 Å². The van der Waals surface area contributed by atoms with Crippen LogP contribution in [0.15, 0.2) is 308 Å². The number of hydrogen-bond acceptors (Lipinski definition) is 4. The zero-order valence-corrected chi connectivity index (χ0v) is 47.6. The first kappa shape index (κ1) is 50.0. The molecule has 0 saturated heterocycles. The maximum Gasteiger partial charge on any atom is 0.151 e. The molecule has 0 amide bonds. The van der Waals surface area contributed by atoms with Gasteiger partial charge in [0.2, 0.25) is 0 Å². The van der Waals surface area contributed by atoms with Crippen molar-refractivity contribution in [1.82, 2.24) is 13.7 Å². The molecule has 3 aromatic heterocycles. The number of fused-ring (bicyclic) bond motifs is 14. The number of benzene rings is 12. The molecule has 0 spiro atoms. The van der Waals surface area contributed by atoms with E-state index in [2.05, 4.69) is 282 Å². The van der Waals surface area contributed by atoms with E-state index in [4.69, 9.17) is 9.47 Å². The molecule has 3 aliphatic rings. The predicted molar refractivity (Wildman–Crippen MR) is 353 cm³/mol.